The van der Waals surface area contributed by atoms with Gasteiger partial charge in [0.1, 0.15) is 11.5 Å². The molecule has 0 aliphatic carbocycles. The summed E-state index contributed by atoms with van der Waals surface area (Å²) in [7, 11) is 0. The molecular formula is C14H10ClF3OS. The third-order valence-electron chi connectivity index (χ3n) is 2.53. The van der Waals surface area contributed by atoms with E-state index in [-0.39, 0.29) is 10.8 Å². The molecular weight excluding hydrogens is 309 g/mol. The molecule has 0 radical (unpaired) electrons. The van der Waals surface area contributed by atoms with E-state index in [4.69, 9.17) is 16.3 Å². The van der Waals surface area contributed by atoms with Crippen LogP contribution in [0, 0.1) is 0 Å². The molecule has 6 heteroatoms. The van der Waals surface area contributed by atoms with E-state index in [2.05, 4.69) is 0 Å². The predicted molar refractivity (Wildman–Crippen MR) is 74.8 cm³/mol. The quantitative estimate of drug-likeness (QED) is 0.654. The van der Waals surface area contributed by atoms with Crippen LogP contribution in [0.5, 0.6) is 11.5 Å². The summed E-state index contributed by atoms with van der Waals surface area (Å²) >= 11 is 7.37. The highest BCUT2D eigenvalue weighted by molar-refractivity contribution is 7.98. The molecule has 0 fully saturated rings. The van der Waals surface area contributed by atoms with Gasteiger partial charge >= 0.3 is 6.18 Å². The Kier molecular flexibility index (Phi) is 4.50. The molecule has 0 aliphatic rings. The molecule has 0 saturated carbocycles. The van der Waals surface area contributed by atoms with Crippen LogP contribution in [0.15, 0.2) is 47.4 Å². The maximum Gasteiger partial charge on any atom is 0.416 e. The second-order valence-electron chi connectivity index (χ2n) is 3.92. The lowest BCUT2D eigenvalue weighted by Crippen LogP contribution is -2.04. The van der Waals surface area contributed by atoms with Gasteiger partial charge in [0.2, 0.25) is 0 Å². The third-order valence-corrected chi connectivity index (χ3v) is 3.55. The zero-order valence-electron chi connectivity index (χ0n) is 10.4. The minimum atomic E-state index is -4.42. The van der Waals surface area contributed by atoms with Gasteiger partial charge in [-0.2, -0.15) is 13.2 Å². The van der Waals surface area contributed by atoms with Crippen molar-refractivity contribution < 1.29 is 17.9 Å². The number of alkyl halides is 3. The summed E-state index contributed by atoms with van der Waals surface area (Å²) in [5, 5.41) is -0.0746. The molecule has 1 nitrogen and oxygen atoms in total. The molecule has 20 heavy (non-hydrogen) atoms. The van der Waals surface area contributed by atoms with Crippen LogP contribution in [-0.4, -0.2) is 6.26 Å². The molecule has 0 spiro atoms. The van der Waals surface area contributed by atoms with E-state index in [1.165, 1.54) is 6.07 Å². The van der Waals surface area contributed by atoms with Crippen molar-refractivity contribution in [3.8, 4) is 11.5 Å². The van der Waals surface area contributed by atoms with Crippen molar-refractivity contribution in [2.75, 3.05) is 6.26 Å². The van der Waals surface area contributed by atoms with Gasteiger partial charge in [0.05, 0.1) is 10.6 Å². The Morgan fingerprint density at radius 2 is 1.85 bits per heavy atom. The second-order valence-corrected chi connectivity index (χ2v) is 5.21. The van der Waals surface area contributed by atoms with Gasteiger partial charge in [-0.15, -0.1) is 11.8 Å². The number of rotatable bonds is 3. The fraction of sp³-hybridized carbons (Fsp3) is 0.143. The highest BCUT2D eigenvalue weighted by Gasteiger charge is 2.31. The first-order valence-electron chi connectivity index (χ1n) is 5.59. The predicted octanol–water partition coefficient (Wildman–Crippen LogP) is 5.87. The number of hydrogen-bond acceptors (Lipinski definition) is 2. The fourth-order valence-electron chi connectivity index (χ4n) is 1.55. The number of thioether (sulfide) groups is 1. The van der Waals surface area contributed by atoms with Crippen LogP contribution in [0.4, 0.5) is 13.2 Å². The molecule has 2 rings (SSSR count). The van der Waals surface area contributed by atoms with Crippen LogP contribution in [0.3, 0.4) is 0 Å². The van der Waals surface area contributed by atoms with Crippen molar-refractivity contribution in [2.45, 2.75) is 11.1 Å². The Bertz CT molecular complexity index is 614. The van der Waals surface area contributed by atoms with Crippen molar-refractivity contribution in [1.29, 1.82) is 0 Å². The van der Waals surface area contributed by atoms with E-state index in [1.54, 1.807) is 30.0 Å². The molecule has 0 amide bonds. The SMILES string of the molecule is CSc1cccc(Oc2ccc(C(F)(F)F)cc2Cl)c1. The van der Waals surface area contributed by atoms with E-state index in [0.717, 1.165) is 17.0 Å². The van der Waals surface area contributed by atoms with Gasteiger partial charge in [-0.1, -0.05) is 17.7 Å². The highest BCUT2D eigenvalue weighted by Crippen LogP contribution is 2.36. The lowest BCUT2D eigenvalue weighted by Gasteiger charge is -2.11. The van der Waals surface area contributed by atoms with E-state index in [9.17, 15) is 13.2 Å². The van der Waals surface area contributed by atoms with Crippen LogP contribution in [0.1, 0.15) is 5.56 Å². The molecule has 2 aromatic carbocycles. The summed E-state index contributed by atoms with van der Waals surface area (Å²) < 4.78 is 43.1. The van der Waals surface area contributed by atoms with Crippen LogP contribution in [0.2, 0.25) is 5.02 Å². The average Bonchev–Trinajstić information content (AvgIpc) is 2.40. The van der Waals surface area contributed by atoms with Gasteiger partial charge in [0.25, 0.3) is 0 Å². The zero-order valence-corrected chi connectivity index (χ0v) is 11.9. The van der Waals surface area contributed by atoms with Crippen LogP contribution < -0.4 is 4.74 Å². The van der Waals surface area contributed by atoms with E-state index >= 15 is 0 Å². The van der Waals surface area contributed by atoms with Crippen LogP contribution in [0.25, 0.3) is 0 Å². The van der Waals surface area contributed by atoms with Gasteiger partial charge < -0.3 is 4.74 Å². The second kappa shape index (κ2) is 5.97. The molecule has 0 heterocycles. The topological polar surface area (TPSA) is 9.23 Å². The van der Waals surface area contributed by atoms with Crippen molar-refractivity contribution >= 4 is 23.4 Å². The minimum Gasteiger partial charge on any atom is -0.456 e. The summed E-state index contributed by atoms with van der Waals surface area (Å²) in [6.07, 6.45) is -2.49. The average molecular weight is 319 g/mol. The monoisotopic (exact) mass is 318 g/mol. The molecule has 0 N–H and O–H groups in total. The first kappa shape index (κ1) is 15.1. The molecule has 0 aliphatic heterocycles. The lowest BCUT2D eigenvalue weighted by atomic mass is 10.2. The summed E-state index contributed by atoms with van der Waals surface area (Å²) in [4.78, 5) is 0.991. The van der Waals surface area contributed by atoms with E-state index in [1.807, 2.05) is 12.3 Å². The Balaban J connectivity index is 2.25. The maximum absolute atomic E-state index is 12.5. The molecule has 0 unspecified atom stereocenters. The minimum absolute atomic E-state index is 0.0746. The lowest BCUT2D eigenvalue weighted by molar-refractivity contribution is -0.137. The smallest absolute Gasteiger partial charge is 0.416 e. The van der Waals surface area contributed by atoms with Crippen molar-refractivity contribution in [1.82, 2.24) is 0 Å². The Morgan fingerprint density at radius 3 is 2.45 bits per heavy atom. The van der Waals surface area contributed by atoms with E-state index < -0.39 is 11.7 Å². The number of halogens is 4. The van der Waals surface area contributed by atoms with Gasteiger partial charge in [-0.3, -0.25) is 0 Å². The molecule has 2 aromatic rings. The summed E-state index contributed by atoms with van der Waals surface area (Å²) in [6, 6.07) is 10.2. The molecule has 0 aromatic heterocycles. The highest BCUT2D eigenvalue weighted by atomic mass is 35.5. The maximum atomic E-state index is 12.5. The fourth-order valence-corrected chi connectivity index (χ4v) is 2.22. The van der Waals surface area contributed by atoms with Crippen molar-refractivity contribution in [3.05, 3.63) is 53.1 Å². The largest absolute Gasteiger partial charge is 0.456 e. The summed E-state index contributed by atoms with van der Waals surface area (Å²) in [5.41, 5.74) is -0.798. The number of ether oxygens (including phenoxy) is 1. The molecule has 0 atom stereocenters. The van der Waals surface area contributed by atoms with E-state index in [0.29, 0.717) is 5.75 Å². The first-order chi connectivity index (χ1) is 9.40. The van der Waals surface area contributed by atoms with Gasteiger partial charge in [-0.05, 0) is 42.7 Å². The number of hydrogen-bond donors (Lipinski definition) is 0. The third kappa shape index (κ3) is 3.61. The molecule has 0 bridgehead atoms. The summed E-state index contributed by atoms with van der Waals surface area (Å²) in [6.45, 7) is 0. The van der Waals surface area contributed by atoms with Gasteiger partial charge in [0, 0.05) is 4.90 Å². The Hall–Kier alpha value is -1.33. The normalized spacial score (nSPS) is 11.4. The zero-order chi connectivity index (χ0) is 14.8. The Labute approximate surface area is 123 Å². The number of benzene rings is 2. The molecule has 0 saturated heterocycles. The summed E-state index contributed by atoms with van der Waals surface area (Å²) in [5.74, 6) is 0.719. The van der Waals surface area contributed by atoms with Gasteiger partial charge in [-0.25, -0.2) is 0 Å². The van der Waals surface area contributed by atoms with Crippen LogP contribution >= 0.6 is 23.4 Å². The Morgan fingerprint density at radius 1 is 1.10 bits per heavy atom. The molecule has 106 valence electrons. The standard InChI is InChI=1S/C14H10ClF3OS/c1-20-11-4-2-3-10(8-11)19-13-6-5-9(7-12(13)15)14(16,17)18/h2-8H,1H3. The van der Waals surface area contributed by atoms with Gasteiger partial charge in [0.15, 0.2) is 0 Å². The first-order valence-corrected chi connectivity index (χ1v) is 7.19. The van der Waals surface area contributed by atoms with Crippen LogP contribution in [-0.2, 0) is 6.18 Å². The van der Waals surface area contributed by atoms with Crippen molar-refractivity contribution in [3.63, 3.8) is 0 Å². The van der Waals surface area contributed by atoms with Crippen molar-refractivity contribution in [2.24, 2.45) is 0 Å².